The Morgan fingerprint density at radius 2 is 2.04 bits per heavy atom. The fourth-order valence-electron chi connectivity index (χ4n) is 4.26. The molecule has 1 saturated heterocycles. The largest absolute Gasteiger partial charge is 0.497 e. The predicted molar refractivity (Wildman–Crippen MR) is 101 cm³/mol. The molecular formula is C21H30N2O3. The highest BCUT2D eigenvalue weighted by Crippen LogP contribution is 2.31. The van der Waals surface area contributed by atoms with Gasteiger partial charge in [-0.05, 0) is 43.4 Å². The highest BCUT2D eigenvalue weighted by molar-refractivity contribution is 5.83. The molecule has 0 spiro atoms. The smallest absolute Gasteiger partial charge is 0.227 e. The van der Waals surface area contributed by atoms with Gasteiger partial charge in [-0.3, -0.25) is 9.59 Å². The van der Waals surface area contributed by atoms with Gasteiger partial charge in [0.25, 0.3) is 0 Å². The summed E-state index contributed by atoms with van der Waals surface area (Å²) in [6, 6.07) is 7.74. The van der Waals surface area contributed by atoms with E-state index in [-0.39, 0.29) is 23.8 Å². The van der Waals surface area contributed by atoms with E-state index < -0.39 is 0 Å². The summed E-state index contributed by atoms with van der Waals surface area (Å²) in [5, 5.41) is 3.08. The van der Waals surface area contributed by atoms with Crippen molar-refractivity contribution in [1.29, 1.82) is 0 Å². The lowest BCUT2D eigenvalue weighted by Gasteiger charge is -2.33. The zero-order valence-corrected chi connectivity index (χ0v) is 15.7. The number of hydrogen-bond donors (Lipinski definition) is 1. The molecule has 5 heteroatoms. The number of nitrogens with one attached hydrogen (secondary N) is 1. The normalized spacial score (nSPS) is 24.3. The van der Waals surface area contributed by atoms with Crippen molar-refractivity contribution < 1.29 is 14.3 Å². The van der Waals surface area contributed by atoms with Crippen molar-refractivity contribution in [1.82, 2.24) is 10.2 Å². The minimum Gasteiger partial charge on any atom is -0.497 e. The van der Waals surface area contributed by atoms with E-state index in [0.717, 1.165) is 69.3 Å². The van der Waals surface area contributed by atoms with Crippen molar-refractivity contribution in [3.05, 3.63) is 29.8 Å². The van der Waals surface area contributed by atoms with Crippen molar-refractivity contribution in [3.63, 3.8) is 0 Å². The van der Waals surface area contributed by atoms with Gasteiger partial charge in [-0.1, -0.05) is 31.4 Å². The number of carbonyl (C=O) groups excluding carboxylic acids is 2. The van der Waals surface area contributed by atoms with Crippen molar-refractivity contribution in [2.75, 3.05) is 20.2 Å². The summed E-state index contributed by atoms with van der Waals surface area (Å²) in [6.07, 6.45) is 7.46. The van der Waals surface area contributed by atoms with Crippen molar-refractivity contribution in [3.8, 4) is 5.75 Å². The minimum absolute atomic E-state index is 0.0474. The van der Waals surface area contributed by atoms with E-state index in [4.69, 9.17) is 4.74 Å². The Balaban J connectivity index is 1.76. The summed E-state index contributed by atoms with van der Waals surface area (Å²) in [5.41, 5.74) is 0.961. The molecule has 1 aromatic carbocycles. The average molecular weight is 358 g/mol. The van der Waals surface area contributed by atoms with Gasteiger partial charge in [-0.15, -0.1) is 0 Å². The number of ether oxygens (including phenoxy) is 1. The monoisotopic (exact) mass is 358 g/mol. The Morgan fingerprint density at radius 1 is 1.19 bits per heavy atom. The molecule has 26 heavy (non-hydrogen) atoms. The molecule has 0 bridgehead atoms. The first kappa shape index (κ1) is 18.7. The van der Waals surface area contributed by atoms with Gasteiger partial charge in [0.15, 0.2) is 0 Å². The molecule has 2 aliphatic rings. The first-order valence-electron chi connectivity index (χ1n) is 9.89. The van der Waals surface area contributed by atoms with Gasteiger partial charge in [0, 0.05) is 19.1 Å². The average Bonchev–Trinajstić information content (AvgIpc) is 3.12. The molecule has 2 fully saturated rings. The SMILES string of the molecule is COc1cccc(CC(=O)N2CCCCCCNC(=O)C3CCCC32)c1. The van der Waals surface area contributed by atoms with Gasteiger partial charge < -0.3 is 15.0 Å². The number of benzene rings is 1. The van der Waals surface area contributed by atoms with Crippen molar-refractivity contribution >= 4 is 11.8 Å². The van der Waals surface area contributed by atoms with Crippen molar-refractivity contribution in [2.24, 2.45) is 5.92 Å². The first-order valence-corrected chi connectivity index (χ1v) is 9.89. The van der Waals surface area contributed by atoms with Crippen LogP contribution in [0.2, 0.25) is 0 Å². The van der Waals surface area contributed by atoms with Crippen LogP contribution in [0.15, 0.2) is 24.3 Å². The van der Waals surface area contributed by atoms with Crippen LogP contribution in [0.1, 0.15) is 50.5 Å². The summed E-state index contributed by atoms with van der Waals surface area (Å²) in [7, 11) is 1.64. The number of nitrogens with zero attached hydrogens (tertiary/aromatic N) is 1. The van der Waals surface area contributed by atoms with Crippen LogP contribution in [0.4, 0.5) is 0 Å². The van der Waals surface area contributed by atoms with Crippen LogP contribution in [0.25, 0.3) is 0 Å². The van der Waals surface area contributed by atoms with Crippen LogP contribution < -0.4 is 10.1 Å². The summed E-state index contributed by atoms with van der Waals surface area (Å²) >= 11 is 0. The molecule has 1 heterocycles. The number of hydrogen-bond acceptors (Lipinski definition) is 3. The van der Waals surface area contributed by atoms with E-state index in [1.54, 1.807) is 7.11 Å². The van der Waals surface area contributed by atoms with Gasteiger partial charge in [0.2, 0.25) is 11.8 Å². The minimum atomic E-state index is -0.0534. The molecule has 5 nitrogen and oxygen atoms in total. The molecule has 3 rings (SSSR count). The van der Waals surface area contributed by atoms with E-state index >= 15 is 0 Å². The van der Waals surface area contributed by atoms with Crippen LogP contribution >= 0.6 is 0 Å². The van der Waals surface area contributed by atoms with Crippen LogP contribution in [-0.4, -0.2) is 43.0 Å². The molecule has 142 valence electrons. The second-order valence-corrected chi connectivity index (χ2v) is 7.43. The third-order valence-corrected chi connectivity index (χ3v) is 5.65. The molecule has 1 saturated carbocycles. The number of rotatable bonds is 3. The van der Waals surface area contributed by atoms with Crippen LogP contribution in [0.3, 0.4) is 0 Å². The fourth-order valence-corrected chi connectivity index (χ4v) is 4.26. The Hall–Kier alpha value is -2.04. The Labute approximate surface area is 156 Å². The van der Waals surface area contributed by atoms with E-state index in [1.807, 2.05) is 29.2 Å². The van der Waals surface area contributed by atoms with Crippen LogP contribution in [0.5, 0.6) is 5.75 Å². The molecule has 2 amide bonds. The molecule has 0 radical (unpaired) electrons. The maximum absolute atomic E-state index is 13.1. The Morgan fingerprint density at radius 3 is 2.88 bits per heavy atom. The molecule has 1 aliphatic heterocycles. The molecule has 1 aliphatic carbocycles. The molecule has 0 aromatic heterocycles. The summed E-state index contributed by atoms with van der Waals surface area (Å²) < 4.78 is 5.27. The maximum Gasteiger partial charge on any atom is 0.227 e. The van der Waals surface area contributed by atoms with Gasteiger partial charge in [-0.25, -0.2) is 0 Å². The van der Waals surface area contributed by atoms with E-state index in [2.05, 4.69) is 5.32 Å². The van der Waals surface area contributed by atoms with E-state index in [9.17, 15) is 9.59 Å². The maximum atomic E-state index is 13.1. The first-order chi connectivity index (χ1) is 12.7. The number of carbonyl (C=O) groups is 2. The lowest BCUT2D eigenvalue weighted by Crippen LogP contribution is -2.47. The summed E-state index contributed by atoms with van der Waals surface area (Å²) in [5.74, 6) is 0.976. The summed E-state index contributed by atoms with van der Waals surface area (Å²) in [6.45, 7) is 1.52. The zero-order chi connectivity index (χ0) is 18.4. The number of fused-ring (bicyclic) bond motifs is 1. The highest BCUT2D eigenvalue weighted by Gasteiger charge is 2.38. The Bertz CT molecular complexity index is 631. The second kappa shape index (κ2) is 9.06. The third kappa shape index (κ3) is 4.57. The Kier molecular flexibility index (Phi) is 6.53. The lowest BCUT2D eigenvalue weighted by atomic mass is 9.99. The van der Waals surface area contributed by atoms with E-state index in [1.165, 1.54) is 0 Å². The highest BCUT2D eigenvalue weighted by atomic mass is 16.5. The van der Waals surface area contributed by atoms with Crippen LogP contribution in [-0.2, 0) is 16.0 Å². The lowest BCUT2D eigenvalue weighted by molar-refractivity contribution is -0.136. The fraction of sp³-hybridized carbons (Fsp3) is 0.619. The molecule has 2 atom stereocenters. The molecule has 1 aromatic rings. The zero-order valence-electron chi connectivity index (χ0n) is 15.7. The number of methoxy groups -OCH3 is 1. The molecule has 1 N–H and O–H groups in total. The standard InChI is InChI=1S/C21H30N2O3/c1-26-17-9-6-8-16(14-17)15-20(24)23-13-5-3-2-4-12-22-21(25)18-10-7-11-19(18)23/h6,8-9,14,18-19H,2-5,7,10-13,15H2,1H3,(H,22,25). The van der Waals surface area contributed by atoms with Crippen molar-refractivity contribution in [2.45, 2.75) is 57.4 Å². The third-order valence-electron chi connectivity index (χ3n) is 5.65. The van der Waals surface area contributed by atoms with Crippen LogP contribution in [0, 0.1) is 5.92 Å². The quantitative estimate of drug-likeness (QED) is 0.904. The van der Waals surface area contributed by atoms with E-state index in [0.29, 0.717) is 6.42 Å². The van der Waals surface area contributed by atoms with Gasteiger partial charge >= 0.3 is 0 Å². The molecule has 2 unspecified atom stereocenters. The second-order valence-electron chi connectivity index (χ2n) is 7.43. The van der Waals surface area contributed by atoms with Gasteiger partial charge in [0.1, 0.15) is 5.75 Å². The van der Waals surface area contributed by atoms with Gasteiger partial charge in [0.05, 0.1) is 19.4 Å². The summed E-state index contributed by atoms with van der Waals surface area (Å²) in [4.78, 5) is 27.7. The predicted octanol–water partition coefficient (Wildman–Crippen LogP) is 2.93. The van der Waals surface area contributed by atoms with Gasteiger partial charge in [-0.2, -0.15) is 0 Å². The topological polar surface area (TPSA) is 58.6 Å². The molecular weight excluding hydrogens is 328 g/mol. The number of amides is 2.